The third-order valence-electron chi connectivity index (χ3n) is 1.36. The molecule has 0 aliphatic carbocycles. The van der Waals surface area contributed by atoms with E-state index in [0.717, 1.165) is 0 Å². The minimum absolute atomic E-state index is 0.611. The van der Waals surface area contributed by atoms with Gasteiger partial charge in [0.15, 0.2) is 0 Å². The third-order valence-corrected chi connectivity index (χ3v) is 1.36. The SMILES string of the molecule is O=C(CCC(F)F)OOC(=O)CCC(F)F. The lowest BCUT2D eigenvalue weighted by Crippen LogP contribution is -2.12. The highest BCUT2D eigenvalue weighted by molar-refractivity contribution is 5.72. The average molecular weight is 246 g/mol. The highest BCUT2D eigenvalue weighted by atomic mass is 19.3. The summed E-state index contributed by atoms with van der Waals surface area (Å²) in [6, 6.07) is 0. The van der Waals surface area contributed by atoms with Crippen molar-refractivity contribution in [3.05, 3.63) is 0 Å². The predicted molar refractivity (Wildman–Crippen MR) is 42.7 cm³/mol. The lowest BCUT2D eigenvalue weighted by atomic mass is 10.3. The van der Waals surface area contributed by atoms with Gasteiger partial charge in [-0.15, -0.1) is 0 Å². The molecule has 0 saturated heterocycles. The number of hydrogen-bond acceptors (Lipinski definition) is 4. The molecule has 16 heavy (non-hydrogen) atoms. The minimum atomic E-state index is -2.66. The molecule has 8 heteroatoms. The van der Waals surface area contributed by atoms with Crippen molar-refractivity contribution in [3.8, 4) is 0 Å². The number of rotatable bonds is 6. The molecule has 0 aromatic rings. The molecule has 0 aliphatic rings. The maximum absolute atomic E-state index is 11.6. The third kappa shape index (κ3) is 9.22. The van der Waals surface area contributed by atoms with Gasteiger partial charge in [0.2, 0.25) is 12.9 Å². The summed E-state index contributed by atoms with van der Waals surface area (Å²) in [7, 11) is 0. The Hall–Kier alpha value is -1.34. The van der Waals surface area contributed by atoms with E-state index in [1.807, 2.05) is 0 Å². The molecule has 0 atom stereocenters. The van der Waals surface area contributed by atoms with Gasteiger partial charge >= 0.3 is 11.9 Å². The highest BCUT2D eigenvalue weighted by Gasteiger charge is 2.14. The standard InChI is InChI=1S/C8H10F4O4/c9-5(10)1-3-7(13)15-16-8(14)4-2-6(11)12/h5-6H,1-4H2. The van der Waals surface area contributed by atoms with Crippen molar-refractivity contribution in [1.82, 2.24) is 0 Å². The smallest absolute Gasteiger partial charge is 0.247 e. The Bertz CT molecular complexity index is 208. The van der Waals surface area contributed by atoms with E-state index in [4.69, 9.17) is 0 Å². The molecule has 0 N–H and O–H groups in total. The van der Waals surface area contributed by atoms with Gasteiger partial charge in [-0.25, -0.2) is 36.9 Å². The Kier molecular flexibility index (Phi) is 7.23. The Morgan fingerprint density at radius 2 is 1.12 bits per heavy atom. The molecule has 94 valence electrons. The quantitative estimate of drug-likeness (QED) is 0.409. The molecule has 0 unspecified atom stereocenters. The van der Waals surface area contributed by atoms with Crippen LogP contribution in [-0.4, -0.2) is 24.8 Å². The molecule has 0 bridgehead atoms. The van der Waals surface area contributed by atoms with Crippen molar-refractivity contribution in [1.29, 1.82) is 0 Å². The maximum Gasteiger partial charge on any atom is 0.355 e. The van der Waals surface area contributed by atoms with E-state index in [9.17, 15) is 27.2 Å². The van der Waals surface area contributed by atoms with Crippen LogP contribution in [0, 0.1) is 0 Å². The predicted octanol–water partition coefficient (Wildman–Crippen LogP) is 2.08. The topological polar surface area (TPSA) is 52.6 Å². The van der Waals surface area contributed by atoms with Crippen LogP contribution in [0.15, 0.2) is 0 Å². The monoisotopic (exact) mass is 246 g/mol. The lowest BCUT2D eigenvalue weighted by molar-refractivity contribution is -0.259. The summed E-state index contributed by atoms with van der Waals surface area (Å²) in [6.07, 6.45) is -7.98. The van der Waals surface area contributed by atoms with E-state index in [1.165, 1.54) is 0 Å². The fraction of sp³-hybridized carbons (Fsp3) is 0.750. The first-order valence-corrected chi connectivity index (χ1v) is 4.38. The molecule has 0 saturated carbocycles. The zero-order chi connectivity index (χ0) is 12.6. The van der Waals surface area contributed by atoms with Crippen LogP contribution >= 0.6 is 0 Å². The van der Waals surface area contributed by atoms with E-state index >= 15 is 0 Å². The molecule has 0 aliphatic heterocycles. The lowest BCUT2D eigenvalue weighted by Gasteiger charge is -2.02. The Labute approximate surface area is 88.4 Å². The zero-order valence-corrected chi connectivity index (χ0v) is 8.13. The van der Waals surface area contributed by atoms with Gasteiger partial charge in [-0.2, -0.15) is 0 Å². The van der Waals surface area contributed by atoms with Crippen LogP contribution in [0.5, 0.6) is 0 Å². The summed E-state index contributed by atoms with van der Waals surface area (Å²) >= 11 is 0. The van der Waals surface area contributed by atoms with Crippen LogP contribution < -0.4 is 0 Å². The summed E-state index contributed by atoms with van der Waals surface area (Å²) in [5.74, 6) is -2.30. The van der Waals surface area contributed by atoms with Gasteiger partial charge in [0.25, 0.3) is 0 Å². The maximum atomic E-state index is 11.6. The summed E-state index contributed by atoms with van der Waals surface area (Å²) in [5.41, 5.74) is 0. The van der Waals surface area contributed by atoms with Gasteiger partial charge in [0.1, 0.15) is 0 Å². The summed E-state index contributed by atoms with van der Waals surface area (Å²) in [6.45, 7) is 0. The first-order valence-electron chi connectivity index (χ1n) is 4.38. The zero-order valence-electron chi connectivity index (χ0n) is 8.13. The van der Waals surface area contributed by atoms with Crippen molar-refractivity contribution >= 4 is 11.9 Å². The van der Waals surface area contributed by atoms with E-state index in [0.29, 0.717) is 0 Å². The van der Waals surface area contributed by atoms with Gasteiger partial charge in [0.05, 0.1) is 12.8 Å². The first-order chi connectivity index (χ1) is 7.41. The van der Waals surface area contributed by atoms with Crippen LogP contribution in [-0.2, 0) is 19.4 Å². The molecule has 0 rings (SSSR count). The summed E-state index contributed by atoms with van der Waals surface area (Å²) < 4.78 is 46.4. The van der Waals surface area contributed by atoms with Gasteiger partial charge in [-0.05, 0) is 0 Å². The largest absolute Gasteiger partial charge is 0.355 e. The molecular weight excluding hydrogens is 236 g/mol. The van der Waals surface area contributed by atoms with Crippen LogP contribution in [0.1, 0.15) is 25.7 Å². The molecular formula is C8H10F4O4. The fourth-order valence-electron chi connectivity index (χ4n) is 0.630. The van der Waals surface area contributed by atoms with E-state index in [2.05, 4.69) is 9.78 Å². The van der Waals surface area contributed by atoms with Crippen LogP contribution in [0.4, 0.5) is 17.6 Å². The molecule has 4 nitrogen and oxygen atoms in total. The van der Waals surface area contributed by atoms with Crippen molar-refractivity contribution in [3.63, 3.8) is 0 Å². The first kappa shape index (κ1) is 14.7. The van der Waals surface area contributed by atoms with Gasteiger partial charge in [-0.3, -0.25) is 0 Å². The highest BCUT2D eigenvalue weighted by Crippen LogP contribution is 2.06. The van der Waals surface area contributed by atoms with E-state index in [-0.39, 0.29) is 0 Å². The van der Waals surface area contributed by atoms with E-state index in [1.54, 1.807) is 0 Å². The van der Waals surface area contributed by atoms with E-state index < -0.39 is 50.5 Å². The Morgan fingerprint density at radius 3 is 1.38 bits per heavy atom. The number of halogens is 4. The molecule has 0 fully saturated rings. The van der Waals surface area contributed by atoms with Crippen molar-refractivity contribution in [2.45, 2.75) is 38.5 Å². The van der Waals surface area contributed by atoms with Crippen LogP contribution in [0.2, 0.25) is 0 Å². The molecule has 0 aromatic heterocycles. The molecule has 0 heterocycles. The molecule has 0 spiro atoms. The number of carbonyl (C=O) groups excluding carboxylic acids is 2. The fourth-order valence-corrected chi connectivity index (χ4v) is 0.630. The van der Waals surface area contributed by atoms with Gasteiger partial charge in [-0.1, -0.05) is 0 Å². The summed E-state index contributed by atoms with van der Waals surface area (Å²) in [4.78, 5) is 28.9. The van der Waals surface area contributed by atoms with Gasteiger partial charge < -0.3 is 0 Å². The number of hydrogen-bond donors (Lipinski definition) is 0. The Morgan fingerprint density at radius 1 is 0.812 bits per heavy atom. The second kappa shape index (κ2) is 7.89. The van der Waals surface area contributed by atoms with Crippen molar-refractivity contribution in [2.24, 2.45) is 0 Å². The molecule has 0 aromatic carbocycles. The van der Waals surface area contributed by atoms with Gasteiger partial charge in [0, 0.05) is 12.8 Å². The minimum Gasteiger partial charge on any atom is -0.247 e. The normalized spacial score (nSPS) is 10.6. The van der Waals surface area contributed by atoms with Crippen LogP contribution in [0.3, 0.4) is 0 Å². The number of alkyl halides is 4. The number of carbonyl (C=O) groups is 2. The summed E-state index contributed by atoms with van der Waals surface area (Å²) in [5, 5.41) is 0. The van der Waals surface area contributed by atoms with Crippen LogP contribution in [0.25, 0.3) is 0 Å². The second-order valence-electron chi connectivity index (χ2n) is 2.77. The van der Waals surface area contributed by atoms with Crippen molar-refractivity contribution < 1.29 is 36.9 Å². The molecule has 0 radical (unpaired) electrons. The Balaban J connectivity index is 3.55. The second-order valence-corrected chi connectivity index (χ2v) is 2.77. The average Bonchev–Trinajstić information content (AvgIpc) is 2.20. The molecule has 0 amide bonds. The van der Waals surface area contributed by atoms with Crippen molar-refractivity contribution in [2.75, 3.05) is 0 Å².